The Bertz CT molecular complexity index is 1140. The fraction of sp³-hybridized carbons (Fsp3) is 0.400. The highest BCUT2D eigenvalue weighted by molar-refractivity contribution is 6.09. The summed E-state index contributed by atoms with van der Waals surface area (Å²) in [5, 5.41) is 20.3. The third-order valence-corrected chi connectivity index (χ3v) is 6.64. The molecule has 2 N–H and O–H groups in total. The molecule has 0 saturated carbocycles. The molecule has 0 fully saturated rings. The van der Waals surface area contributed by atoms with Crippen molar-refractivity contribution in [3.8, 4) is 11.5 Å². The second-order valence-corrected chi connectivity index (χ2v) is 9.65. The van der Waals surface area contributed by atoms with E-state index in [1.807, 2.05) is 35.4 Å². The highest BCUT2D eigenvalue weighted by Crippen LogP contribution is 2.30. The third kappa shape index (κ3) is 7.08. The summed E-state index contributed by atoms with van der Waals surface area (Å²) in [6, 6.07) is 15.6. The standard InChI is InChI=1S/C30H36N2O4/c1-2-3-5-10-25(33)17-26(34)13-11-23-12-14-29(35)30(16-23)36-21-32-19-27-24(18-31-28(27)20-32)15-22-8-6-4-7-9-22/h4,6-9,12,14,16,18-19,25,33,35H,2-3,5,10-11,13,15,17,20-21H2,1H3. The summed E-state index contributed by atoms with van der Waals surface area (Å²) in [7, 11) is 0. The van der Waals surface area contributed by atoms with Crippen molar-refractivity contribution in [1.82, 2.24) is 4.90 Å². The van der Waals surface area contributed by atoms with E-state index in [9.17, 15) is 15.0 Å². The van der Waals surface area contributed by atoms with E-state index < -0.39 is 6.10 Å². The van der Waals surface area contributed by atoms with Crippen molar-refractivity contribution in [3.05, 3.63) is 83.2 Å². The van der Waals surface area contributed by atoms with Crippen LogP contribution in [0, 0.1) is 0 Å². The Morgan fingerprint density at radius 2 is 1.97 bits per heavy atom. The summed E-state index contributed by atoms with van der Waals surface area (Å²) in [6.45, 7) is 3.08. The lowest BCUT2D eigenvalue weighted by Crippen LogP contribution is -2.23. The molecular weight excluding hydrogens is 452 g/mol. The minimum atomic E-state index is -0.551. The zero-order valence-corrected chi connectivity index (χ0v) is 21.0. The number of phenolic OH excluding ortho intramolecular Hbond substituents is 1. The number of aliphatic hydroxyl groups excluding tert-OH is 1. The van der Waals surface area contributed by atoms with Crippen LogP contribution in [0.3, 0.4) is 0 Å². The maximum atomic E-state index is 12.3. The maximum Gasteiger partial charge on any atom is 0.163 e. The second-order valence-electron chi connectivity index (χ2n) is 9.65. The van der Waals surface area contributed by atoms with Crippen molar-refractivity contribution in [2.75, 3.05) is 13.3 Å². The molecule has 6 heteroatoms. The molecule has 1 unspecified atom stereocenters. The molecule has 2 heterocycles. The van der Waals surface area contributed by atoms with Gasteiger partial charge in [-0.05, 0) is 48.1 Å². The van der Waals surface area contributed by atoms with Crippen LogP contribution in [0.2, 0.25) is 0 Å². The Hall–Kier alpha value is -3.38. The van der Waals surface area contributed by atoms with E-state index in [0.29, 0.717) is 38.3 Å². The molecule has 0 aromatic heterocycles. The van der Waals surface area contributed by atoms with E-state index in [1.54, 1.807) is 12.1 Å². The number of hydrogen-bond donors (Lipinski definition) is 2. The molecular formula is C30H36N2O4. The van der Waals surface area contributed by atoms with Gasteiger partial charge in [0.2, 0.25) is 0 Å². The number of Topliss-reactive ketones (excluding diaryl/α,β-unsaturated/α-hetero) is 1. The average Bonchev–Trinajstić information content (AvgIpc) is 3.45. The van der Waals surface area contributed by atoms with Crippen molar-refractivity contribution in [2.24, 2.45) is 4.99 Å². The quantitative estimate of drug-likeness (QED) is 0.351. The number of aliphatic imine (C=N–C) groups is 1. The topological polar surface area (TPSA) is 82.4 Å². The fourth-order valence-corrected chi connectivity index (χ4v) is 4.59. The predicted octanol–water partition coefficient (Wildman–Crippen LogP) is 5.34. The summed E-state index contributed by atoms with van der Waals surface area (Å²) in [6.07, 6.45) is 9.25. The monoisotopic (exact) mass is 488 g/mol. The van der Waals surface area contributed by atoms with Gasteiger partial charge >= 0.3 is 0 Å². The number of carbonyl (C=O) groups is 1. The van der Waals surface area contributed by atoms with E-state index >= 15 is 0 Å². The number of nitrogens with zero attached hydrogens (tertiary/aromatic N) is 2. The van der Waals surface area contributed by atoms with Crippen LogP contribution in [0.1, 0.15) is 56.6 Å². The number of aryl methyl sites for hydroxylation is 1. The zero-order valence-electron chi connectivity index (χ0n) is 21.0. The molecule has 0 bridgehead atoms. The highest BCUT2D eigenvalue weighted by Gasteiger charge is 2.26. The van der Waals surface area contributed by atoms with E-state index in [1.165, 1.54) is 11.1 Å². The normalized spacial score (nSPS) is 15.3. The third-order valence-electron chi connectivity index (χ3n) is 6.64. The van der Waals surface area contributed by atoms with Crippen LogP contribution < -0.4 is 4.74 Å². The molecule has 0 amide bonds. The SMILES string of the molecule is CCCCCC(O)CC(=O)CCc1ccc(O)c(OCN2C=C3C(Cc4ccccc4)=CN=C3C2)c1. The molecule has 0 radical (unpaired) electrons. The van der Waals surface area contributed by atoms with E-state index in [4.69, 9.17) is 4.74 Å². The molecule has 4 rings (SSSR count). The van der Waals surface area contributed by atoms with Gasteiger partial charge in [-0.25, -0.2) is 0 Å². The van der Waals surface area contributed by atoms with Gasteiger partial charge in [0.05, 0.1) is 18.4 Å². The van der Waals surface area contributed by atoms with Gasteiger partial charge in [-0.15, -0.1) is 0 Å². The van der Waals surface area contributed by atoms with Crippen LogP contribution in [-0.4, -0.2) is 46.0 Å². The number of carbonyl (C=O) groups excluding carboxylic acids is 1. The number of unbranched alkanes of at least 4 members (excludes halogenated alkanes) is 2. The maximum absolute atomic E-state index is 12.3. The van der Waals surface area contributed by atoms with Crippen LogP contribution in [0.5, 0.6) is 11.5 Å². The molecule has 0 saturated heterocycles. The number of ketones is 1. The van der Waals surface area contributed by atoms with Crippen molar-refractivity contribution in [1.29, 1.82) is 0 Å². The first-order valence-corrected chi connectivity index (χ1v) is 12.9. The number of phenols is 1. The fourth-order valence-electron chi connectivity index (χ4n) is 4.59. The first-order chi connectivity index (χ1) is 17.5. The number of allylic oxidation sites excluding steroid dienone is 1. The van der Waals surface area contributed by atoms with Crippen LogP contribution in [-0.2, 0) is 17.6 Å². The van der Waals surface area contributed by atoms with E-state index in [2.05, 4.69) is 30.2 Å². The van der Waals surface area contributed by atoms with Gasteiger partial charge in [-0.1, -0.05) is 62.6 Å². The van der Waals surface area contributed by atoms with Gasteiger partial charge in [-0.2, -0.15) is 0 Å². The van der Waals surface area contributed by atoms with Crippen molar-refractivity contribution in [3.63, 3.8) is 0 Å². The average molecular weight is 489 g/mol. The molecule has 6 nitrogen and oxygen atoms in total. The molecule has 190 valence electrons. The number of rotatable bonds is 14. The minimum Gasteiger partial charge on any atom is -0.504 e. The Balaban J connectivity index is 1.26. The van der Waals surface area contributed by atoms with Gasteiger partial charge in [-0.3, -0.25) is 9.79 Å². The second kappa shape index (κ2) is 12.5. The number of aromatic hydroxyl groups is 1. The Labute approximate surface area is 213 Å². The smallest absolute Gasteiger partial charge is 0.163 e. The van der Waals surface area contributed by atoms with Gasteiger partial charge in [0.15, 0.2) is 18.2 Å². The number of benzene rings is 2. The summed E-state index contributed by atoms with van der Waals surface area (Å²) < 4.78 is 5.94. The molecule has 2 aromatic carbocycles. The first kappa shape index (κ1) is 25.7. The van der Waals surface area contributed by atoms with Crippen molar-refractivity contribution >= 4 is 11.5 Å². The molecule has 2 aliphatic rings. The Morgan fingerprint density at radius 1 is 1.14 bits per heavy atom. The van der Waals surface area contributed by atoms with Crippen LogP contribution in [0.15, 0.2) is 77.1 Å². The number of aliphatic hydroxyl groups is 1. The van der Waals surface area contributed by atoms with E-state index in [0.717, 1.165) is 42.5 Å². The Morgan fingerprint density at radius 3 is 2.78 bits per heavy atom. The largest absolute Gasteiger partial charge is 0.504 e. The molecule has 1 atom stereocenters. The van der Waals surface area contributed by atoms with Crippen LogP contribution >= 0.6 is 0 Å². The van der Waals surface area contributed by atoms with Crippen LogP contribution in [0.25, 0.3) is 0 Å². The number of ether oxygens (including phenoxy) is 1. The Kier molecular flexibility index (Phi) is 8.95. The van der Waals surface area contributed by atoms with Gasteiger partial charge in [0.1, 0.15) is 5.78 Å². The minimum absolute atomic E-state index is 0.0601. The summed E-state index contributed by atoms with van der Waals surface area (Å²) in [4.78, 5) is 18.9. The summed E-state index contributed by atoms with van der Waals surface area (Å²) in [5.74, 6) is 0.535. The van der Waals surface area contributed by atoms with E-state index in [-0.39, 0.29) is 18.0 Å². The first-order valence-electron chi connectivity index (χ1n) is 12.9. The van der Waals surface area contributed by atoms with Gasteiger partial charge < -0.3 is 19.8 Å². The lowest BCUT2D eigenvalue weighted by atomic mass is 9.99. The highest BCUT2D eigenvalue weighted by atomic mass is 16.5. The lowest BCUT2D eigenvalue weighted by Gasteiger charge is -2.17. The zero-order chi connectivity index (χ0) is 25.3. The van der Waals surface area contributed by atoms with Crippen molar-refractivity contribution in [2.45, 2.75) is 64.4 Å². The van der Waals surface area contributed by atoms with Crippen molar-refractivity contribution < 1.29 is 19.7 Å². The number of hydrogen-bond acceptors (Lipinski definition) is 6. The molecule has 0 spiro atoms. The van der Waals surface area contributed by atoms with Gasteiger partial charge in [0, 0.05) is 30.8 Å². The molecule has 0 aliphatic carbocycles. The summed E-state index contributed by atoms with van der Waals surface area (Å²) in [5.41, 5.74) is 5.56. The summed E-state index contributed by atoms with van der Waals surface area (Å²) >= 11 is 0. The predicted molar refractivity (Wildman–Crippen MR) is 142 cm³/mol. The van der Waals surface area contributed by atoms with Gasteiger partial charge in [0.25, 0.3) is 0 Å². The number of fused-ring (bicyclic) bond motifs is 1. The molecule has 36 heavy (non-hydrogen) atoms. The molecule has 2 aromatic rings. The molecule has 2 aliphatic heterocycles. The lowest BCUT2D eigenvalue weighted by molar-refractivity contribution is -0.121. The van der Waals surface area contributed by atoms with Crippen LogP contribution in [0.4, 0.5) is 0 Å².